The van der Waals surface area contributed by atoms with Crippen molar-refractivity contribution in [2.24, 2.45) is 4.99 Å². The Hall–Kier alpha value is -2.21. The maximum atomic E-state index is 10.3. The molecule has 0 N–H and O–H groups in total. The highest BCUT2D eigenvalue weighted by molar-refractivity contribution is 6.00. The summed E-state index contributed by atoms with van der Waals surface area (Å²) in [4.78, 5) is 14.4. The van der Waals surface area contributed by atoms with Gasteiger partial charge in [0, 0.05) is 23.1 Å². The van der Waals surface area contributed by atoms with Crippen LogP contribution in [-0.2, 0) is 4.79 Å². The Bertz CT molecular complexity index is 432. The number of aliphatic imine (C=N–C) groups is 1. The van der Waals surface area contributed by atoms with Gasteiger partial charge in [-0.05, 0) is 25.5 Å². The third-order valence-corrected chi connectivity index (χ3v) is 1.74. The number of rotatable bonds is 5. The molecule has 0 radical (unpaired) electrons. The molecule has 0 rings (SSSR count). The van der Waals surface area contributed by atoms with Gasteiger partial charge in [-0.2, -0.15) is 5.26 Å². The normalized spacial score (nSPS) is 11.3. The number of carbonyl (C=O) groups is 1. The molecule has 0 aromatic heterocycles. The van der Waals surface area contributed by atoms with Crippen molar-refractivity contribution in [3.05, 3.63) is 48.2 Å². The maximum absolute atomic E-state index is 10.3. The summed E-state index contributed by atoms with van der Waals surface area (Å²) in [7, 11) is 0. The van der Waals surface area contributed by atoms with Crippen LogP contribution >= 0.6 is 0 Å². The highest BCUT2D eigenvalue weighted by Gasteiger charge is 1.93. The Balaban J connectivity index is 0. The van der Waals surface area contributed by atoms with Crippen molar-refractivity contribution >= 4 is 12.0 Å². The average Bonchev–Trinajstić information content (AvgIpc) is 2.43. The quantitative estimate of drug-likeness (QED) is 0.243. The van der Waals surface area contributed by atoms with E-state index in [1.165, 1.54) is 6.20 Å². The minimum Gasteiger partial charge on any atom is -0.298 e. The Labute approximate surface area is 110 Å². The minimum atomic E-state index is 0.355. The van der Waals surface area contributed by atoms with Crippen LogP contribution in [0, 0.1) is 11.3 Å². The van der Waals surface area contributed by atoms with Crippen molar-refractivity contribution in [1.29, 1.82) is 5.26 Å². The smallest absolute Gasteiger partial charge is 0.147 e. The van der Waals surface area contributed by atoms with Gasteiger partial charge < -0.3 is 0 Å². The number of carbonyl (C=O) groups excluding carboxylic acids is 1. The SMILES string of the molecule is C=C(C#N)/C=C\C(=C)C(C)=N/C=C(\C)C=O.CC. The molecule has 0 spiro atoms. The third-order valence-electron chi connectivity index (χ3n) is 1.74. The van der Waals surface area contributed by atoms with Gasteiger partial charge in [-0.25, -0.2) is 0 Å². The van der Waals surface area contributed by atoms with Crippen LogP contribution in [0.3, 0.4) is 0 Å². The number of aldehydes is 1. The van der Waals surface area contributed by atoms with E-state index >= 15 is 0 Å². The van der Waals surface area contributed by atoms with Gasteiger partial charge in [0.05, 0.1) is 6.07 Å². The molecule has 0 atom stereocenters. The molecule has 3 nitrogen and oxygen atoms in total. The molecule has 0 saturated carbocycles. The molecule has 3 heteroatoms. The zero-order valence-electron chi connectivity index (χ0n) is 11.5. The summed E-state index contributed by atoms with van der Waals surface area (Å²) < 4.78 is 0. The topological polar surface area (TPSA) is 53.2 Å². The molecule has 0 aliphatic carbocycles. The largest absolute Gasteiger partial charge is 0.298 e. The lowest BCUT2D eigenvalue weighted by atomic mass is 10.1. The first-order valence-corrected chi connectivity index (χ1v) is 5.64. The molecule has 0 aromatic carbocycles. The van der Waals surface area contributed by atoms with E-state index in [-0.39, 0.29) is 0 Å². The second-order valence-electron chi connectivity index (χ2n) is 3.20. The molecule has 18 heavy (non-hydrogen) atoms. The van der Waals surface area contributed by atoms with Crippen LogP contribution in [-0.4, -0.2) is 12.0 Å². The van der Waals surface area contributed by atoms with Crippen LogP contribution in [0.25, 0.3) is 0 Å². The summed E-state index contributed by atoms with van der Waals surface area (Å²) in [6.45, 7) is 14.7. The van der Waals surface area contributed by atoms with Crippen LogP contribution in [0.2, 0.25) is 0 Å². The summed E-state index contributed by atoms with van der Waals surface area (Å²) in [5.74, 6) is 0. The molecule has 0 saturated heterocycles. The highest BCUT2D eigenvalue weighted by Crippen LogP contribution is 2.01. The molecule has 0 aliphatic heterocycles. The lowest BCUT2D eigenvalue weighted by Crippen LogP contribution is -1.92. The van der Waals surface area contributed by atoms with Crippen LogP contribution in [0.4, 0.5) is 0 Å². The summed E-state index contributed by atoms with van der Waals surface area (Å²) in [5.41, 5.74) is 2.25. The first kappa shape index (κ1) is 18.2. The van der Waals surface area contributed by atoms with E-state index in [0.717, 1.165) is 6.29 Å². The van der Waals surface area contributed by atoms with E-state index in [1.54, 1.807) is 26.0 Å². The van der Waals surface area contributed by atoms with Crippen LogP contribution in [0.15, 0.2) is 53.2 Å². The second-order valence-corrected chi connectivity index (χ2v) is 3.20. The molecule has 0 aliphatic rings. The van der Waals surface area contributed by atoms with Crippen LogP contribution in [0.5, 0.6) is 0 Å². The van der Waals surface area contributed by atoms with Gasteiger partial charge in [-0.1, -0.05) is 33.1 Å². The number of hydrogen-bond donors (Lipinski definition) is 0. The van der Waals surface area contributed by atoms with Crippen molar-refractivity contribution in [2.45, 2.75) is 27.7 Å². The van der Waals surface area contributed by atoms with E-state index in [4.69, 9.17) is 5.26 Å². The van der Waals surface area contributed by atoms with Crippen LogP contribution < -0.4 is 0 Å². The molecular weight excluding hydrogens is 224 g/mol. The van der Waals surface area contributed by atoms with Gasteiger partial charge in [-0.15, -0.1) is 0 Å². The van der Waals surface area contributed by atoms with E-state index in [9.17, 15) is 4.79 Å². The van der Waals surface area contributed by atoms with Crippen molar-refractivity contribution in [2.75, 3.05) is 0 Å². The number of hydrogen-bond acceptors (Lipinski definition) is 3. The summed E-state index contributed by atoms with van der Waals surface area (Å²) in [6.07, 6.45) is 5.43. The highest BCUT2D eigenvalue weighted by atomic mass is 16.1. The number of nitrogens with zero attached hydrogens (tertiary/aromatic N) is 2. The monoisotopic (exact) mass is 244 g/mol. The van der Waals surface area contributed by atoms with E-state index < -0.39 is 0 Å². The predicted molar refractivity (Wildman–Crippen MR) is 77.3 cm³/mol. The standard InChI is InChI=1S/C13H14N2O.C2H6/c1-10(7-14)5-6-12(3)13(4)15-8-11(2)9-16;1-2/h5-6,8-9H,1,3H2,2,4H3;1-2H3/b6-5-,11-8+,15-13?;. The van der Waals surface area contributed by atoms with Gasteiger partial charge in [0.15, 0.2) is 0 Å². The third kappa shape index (κ3) is 9.05. The molecule has 0 amide bonds. The average molecular weight is 244 g/mol. The van der Waals surface area contributed by atoms with Gasteiger partial charge in [0.25, 0.3) is 0 Å². The van der Waals surface area contributed by atoms with Crippen molar-refractivity contribution in [3.63, 3.8) is 0 Å². The molecule has 0 aromatic rings. The fraction of sp³-hybridized carbons (Fsp3) is 0.267. The molecule has 0 fully saturated rings. The molecular formula is C15H20N2O. The van der Waals surface area contributed by atoms with Gasteiger partial charge >= 0.3 is 0 Å². The van der Waals surface area contributed by atoms with Gasteiger partial charge in [0.2, 0.25) is 0 Å². The lowest BCUT2D eigenvalue weighted by molar-refractivity contribution is -0.104. The van der Waals surface area contributed by atoms with Gasteiger partial charge in [0.1, 0.15) is 6.29 Å². The fourth-order valence-electron chi connectivity index (χ4n) is 0.671. The molecule has 0 heterocycles. The summed E-state index contributed by atoms with van der Waals surface area (Å²) in [5, 5.41) is 8.49. The summed E-state index contributed by atoms with van der Waals surface area (Å²) in [6, 6.07) is 1.90. The molecule has 96 valence electrons. The van der Waals surface area contributed by atoms with Crippen LogP contribution in [0.1, 0.15) is 27.7 Å². The predicted octanol–water partition coefficient (Wildman–Crippen LogP) is 3.77. The second kappa shape index (κ2) is 11.3. The van der Waals surface area contributed by atoms with E-state index in [1.807, 2.05) is 19.9 Å². The Morgan fingerprint density at radius 1 is 1.22 bits per heavy atom. The van der Waals surface area contributed by atoms with E-state index in [2.05, 4.69) is 18.2 Å². The van der Waals surface area contributed by atoms with E-state index in [0.29, 0.717) is 22.4 Å². The lowest BCUT2D eigenvalue weighted by Gasteiger charge is -1.96. The first-order valence-electron chi connectivity index (χ1n) is 5.64. The maximum Gasteiger partial charge on any atom is 0.147 e. The van der Waals surface area contributed by atoms with Crippen molar-refractivity contribution in [1.82, 2.24) is 0 Å². The Morgan fingerprint density at radius 3 is 2.22 bits per heavy atom. The zero-order valence-corrected chi connectivity index (χ0v) is 11.5. The van der Waals surface area contributed by atoms with Gasteiger partial charge in [-0.3, -0.25) is 9.79 Å². The Kier molecular flexibility index (Phi) is 11.4. The number of nitriles is 1. The zero-order chi connectivity index (χ0) is 14.6. The number of allylic oxidation sites excluding steroid dienone is 5. The summed E-state index contributed by atoms with van der Waals surface area (Å²) >= 11 is 0. The molecule has 0 unspecified atom stereocenters. The fourth-order valence-corrected chi connectivity index (χ4v) is 0.671. The van der Waals surface area contributed by atoms with Crippen molar-refractivity contribution in [3.8, 4) is 6.07 Å². The molecule has 0 bridgehead atoms. The minimum absolute atomic E-state index is 0.355. The Morgan fingerprint density at radius 2 is 1.78 bits per heavy atom. The first-order chi connectivity index (χ1) is 8.51. The van der Waals surface area contributed by atoms with Crippen molar-refractivity contribution < 1.29 is 4.79 Å².